The molecular formula is C9H5BrO3. The molecule has 0 radical (unpaired) electrons. The summed E-state index contributed by atoms with van der Waals surface area (Å²) in [6.45, 7) is 0. The van der Waals surface area contributed by atoms with Crippen molar-refractivity contribution in [1.29, 1.82) is 0 Å². The fourth-order valence-corrected chi connectivity index (χ4v) is 1.96. The van der Waals surface area contributed by atoms with Crippen LogP contribution in [-0.2, 0) is 14.4 Å². The number of carbonyl (C=O) groups excluding carboxylic acids is 3. The molecule has 0 aromatic carbocycles. The zero-order valence-corrected chi connectivity index (χ0v) is 8.18. The van der Waals surface area contributed by atoms with Crippen LogP contribution in [0.1, 0.15) is 12.8 Å². The summed E-state index contributed by atoms with van der Waals surface area (Å²) in [6, 6.07) is 0. The fraction of sp³-hybridized carbons (Fsp3) is 0.222. The van der Waals surface area contributed by atoms with E-state index in [0.29, 0.717) is 12.0 Å². The van der Waals surface area contributed by atoms with Crippen molar-refractivity contribution >= 4 is 33.3 Å². The van der Waals surface area contributed by atoms with Gasteiger partial charge in [-0.2, -0.15) is 0 Å². The number of halogens is 1. The molecular weight excluding hydrogens is 236 g/mol. The molecule has 0 amide bonds. The molecule has 3 nitrogen and oxygen atoms in total. The summed E-state index contributed by atoms with van der Waals surface area (Å²) in [5.41, 5.74) is 0.484. The van der Waals surface area contributed by atoms with Crippen LogP contribution in [0.25, 0.3) is 0 Å². The highest BCUT2D eigenvalue weighted by molar-refractivity contribution is 9.12. The van der Waals surface area contributed by atoms with E-state index < -0.39 is 0 Å². The first kappa shape index (κ1) is 8.56. The number of rotatable bonds is 0. The fourth-order valence-electron chi connectivity index (χ4n) is 1.55. The van der Waals surface area contributed by atoms with Gasteiger partial charge in [-0.25, -0.2) is 0 Å². The van der Waals surface area contributed by atoms with Gasteiger partial charge in [0.15, 0.2) is 11.6 Å². The van der Waals surface area contributed by atoms with Crippen molar-refractivity contribution < 1.29 is 14.4 Å². The maximum atomic E-state index is 11.4. The summed E-state index contributed by atoms with van der Waals surface area (Å²) in [5, 5.41) is 0. The average molecular weight is 241 g/mol. The highest BCUT2D eigenvalue weighted by Crippen LogP contribution is 2.31. The lowest BCUT2D eigenvalue weighted by atomic mass is 9.97. The highest BCUT2D eigenvalue weighted by Gasteiger charge is 2.35. The Labute approximate surface area is 82.6 Å². The van der Waals surface area contributed by atoms with E-state index in [1.165, 1.54) is 6.08 Å². The Kier molecular flexibility index (Phi) is 1.80. The third-order valence-electron chi connectivity index (χ3n) is 2.18. The van der Waals surface area contributed by atoms with Crippen LogP contribution in [0.2, 0.25) is 0 Å². The van der Waals surface area contributed by atoms with Gasteiger partial charge in [0, 0.05) is 18.1 Å². The maximum Gasteiger partial charge on any atom is 0.204 e. The molecule has 0 aromatic rings. The van der Waals surface area contributed by atoms with Crippen molar-refractivity contribution in [2.45, 2.75) is 12.8 Å². The second-order valence-corrected chi connectivity index (χ2v) is 3.82. The van der Waals surface area contributed by atoms with Crippen molar-refractivity contribution in [2.75, 3.05) is 0 Å². The van der Waals surface area contributed by atoms with E-state index in [-0.39, 0.29) is 33.8 Å². The van der Waals surface area contributed by atoms with Gasteiger partial charge in [0.25, 0.3) is 0 Å². The van der Waals surface area contributed by atoms with Gasteiger partial charge in [0.1, 0.15) is 0 Å². The third-order valence-corrected chi connectivity index (χ3v) is 2.77. The van der Waals surface area contributed by atoms with E-state index in [9.17, 15) is 14.4 Å². The molecule has 0 heterocycles. The van der Waals surface area contributed by atoms with Gasteiger partial charge in [0.05, 0.1) is 10.1 Å². The van der Waals surface area contributed by atoms with Crippen molar-refractivity contribution in [2.24, 2.45) is 0 Å². The summed E-state index contributed by atoms with van der Waals surface area (Å²) < 4.78 is 0.187. The maximum absolute atomic E-state index is 11.4. The SMILES string of the molecule is O=C1C=C(Br)C(=O)C2=C1CCC2=O. The minimum atomic E-state index is -0.350. The van der Waals surface area contributed by atoms with Gasteiger partial charge in [-0.3, -0.25) is 14.4 Å². The zero-order valence-electron chi connectivity index (χ0n) is 6.59. The summed E-state index contributed by atoms with van der Waals surface area (Å²) in [4.78, 5) is 34.0. The van der Waals surface area contributed by atoms with Crippen molar-refractivity contribution in [3.63, 3.8) is 0 Å². The van der Waals surface area contributed by atoms with Crippen LogP contribution in [0.15, 0.2) is 21.7 Å². The average Bonchev–Trinajstić information content (AvgIpc) is 2.44. The number of allylic oxidation sites excluding steroid dienone is 4. The lowest BCUT2D eigenvalue weighted by Gasteiger charge is -2.07. The molecule has 2 aliphatic carbocycles. The Bertz CT molecular complexity index is 401. The summed E-state index contributed by atoms with van der Waals surface area (Å²) in [7, 11) is 0. The van der Waals surface area contributed by atoms with Gasteiger partial charge in [-0.05, 0) is 22.4 Å². The van der Waals surface area contributed by atoms with E-state index in [0.717, 1.165) is 0 Å². The summed E-state index contributed by atoms with van der Waals surface area (Å²) in [5.74, 6) is -0.775. The Hall–Kier alpha value is -1.03. The van der Waals surface area contributed by atoms with E-state index in [2.05, 4.69) is 15.9 Å². The molecule has 0 spiro atoms. The molecule has 2 rings (SSSR count). The molecule has 13 heavy (non-hydrogen) atoms. The monoisotopic (exact) mass is 240 g/mol. The molecule has 0 fully saturated rings. The molecule has 0 atom stereocenters. The number of hydrogen-bond acceptors (Lipinski definition) is 3. The van der Waals surface area contributed by atoms with Gasteiger partial charge in [-0.15, -0.1) is 0 Å². The number of ketones is 3. The van der Waals surface area contributed by atoms with Crippen molar-refractivity contribution in [1.82, 2.24) is 0 Å². The van der Waals surface area contributed by atoms with E-state index >= 15 is 0 Å². The van der Waals surface area contributed by atoms with Crippen LogP contribution in [0, 0.1) is 0 Å². The first-order valence-electron chi connectivity index (χ1n) is 3.84. The Morgan fingerprint density at radius 2 is 1.85 bits per heavy atom. The standard InChI is InChI=1S/C9H5BrO3/c10-5-3-7(12)4-1-2-6(11)8(4)9(5)13/h3H,1-2H2. The van der Waals surface area contributed by atoms with Crippen LogP contribution < -0.4 is 0 Å². The molecule has 4 heteroatoms. The minimum Gasteiger partial charge on any atom is -0.294 e. The van der Waals surface area contributed by atoms with Crippen LogP contribution in [0.4, 0.5) is 0 Å². The molecule has 0 saturated carbocycles. The minimum absolute atomic E-state index is 0.0966. The quantitative estimate of drug-likeness (QED) is 0.471. The van der Waals surface area contributed by atoms with E-state index in [1.807, 2.05) is 0 Å². The van der Waals surface area contributed by atoms with Crippen LogP contribution in [-0.4, -0.2) is 17.3 Å². The second kappa shape index (κ2) is 2.73. The predicted octanol–water partition coefficient (Wildman–Crippen LogP) is 1.08. The third kappa shape index (κ3) is 1.13. The lowest BCUT2D eigenvalue weighted by Crippen LogP contribution is -2.17. The summed E-state index contributed by atoms with van der Waals surface area (Å²) in [6.07, 6.45) is 1.94. The predicted molar refractivity (Wildman–Crippen MR) is 48.3 cm³/mol. The van der Waals surface area contributed by atoms with Crippen molar-refractivity contribution in [3.8, 4) is 0 Å². The lowest BCUT2D eigenvalue weighted by molar-refractivity contribution is -0.120. The topological polar surface area (TPSA) is 51.2 Å². The Balaban J connectivity index is 2.57. The smallest absolute Gasteiger partial charge is 0.204 e. The molecule has 0 bridgehead atoms. The normalized spacial score (nSPS) is 22.2. The van der Waals surface area contributed by atoms with Crippen LogP contribution in [0.5, 0.6) is 0 Å². The zero-order chi connectivity index (χ0) is 9.59. The molecule has 0 unspecified atom stereocenters. The second-order valence-electron chi connectivity index (χ2n) is 2.96. The Morgan fingerprint density at radius 3 is 2.54 bits per heavy atom. The first-order valence-corrected chi connectivity index (χ1v) is 4.63. The summed E-state index contributed by atoms with van der Waals surface area (Å²) >= 11 is 2.96. The number of hydrogen-bond donors (Lipinski definition) is 0. The molecule has 2 aliphatic rings. The van der Waals surface area contributed by atoms with E-state index in [4.69, 9.17) is 0 Å². The molecule has 0 aliphatic heterocycles. The highest BCUT2D eigenvalue weighted by atomic mass is 79.9. The van der Waals surface area contributed by atoms with Gasteiger partial charge < -0.3 is 0 Å². The van der Waals surface area contributed by atoms with Crippen molar-refractivity contribution in [3.05, 3.63) is 21.7 Å². The van der Waals surface area contributed by atoms with Crippen LogP contribution in [0.3, 0.4) is 0 Å². The van der Waals surface area contributed by atoms with E-state index in [1.54, 1.807) is 0 Å². The molecule has 0 saturated heterocycles. The molecule has 0 N–H and O–H groups in total. The van der Waals surface area contributed by atoms with Gasteiger partial charge in [0.2, 0.25) is 5.78 Å². The number of Topliss-reactive ketones (excluding diaryl/α,β-unsaturated/α-hetero) is 2. The van der Waals surface area contributed by atoms with Gasteiger partial charge in [-0.1, -0.05) is 0 Å². The number of carbonyl (C=O) groups is 3. The molecule has 66 valence electrons. The largest absolute Gasteiger partial charge is 0.294 e. The molecule has 0 aromatic heterocycles. The first-order chi connectivity index (χ1) is 6.11. The Morgan fingerprint density at radius 1 is 1.15 bits per heavy atom. The van der Waals surface area contributed by atoms with Crippen LogP contribution >= 0.6 is 15.9 Å². The van der Waals surface area contributed by atoms with Gasteiger partial charge >= 0.3 is 0 Å².